The molecular formula is C9H13ClN2OS. The summed E-state index contributed by atoms with van der Waals surface area (Å²) >= 11 is 7.19. The predicted molar refractivity (Wildman–Crippen MR) is 58.4 cm³/mol. The molecule has 0 saturated carbocycles. The number of nitrogens with one attached hydrogen (secondary N) is 1. The van der Waals surface area contributed by atoms with E-state index in [1.807, 2.05) is 0 Å². The third kappa shape index (κ3) is 3.07. The lowest BCUT2D eigenvalue weighted by Gasteiger charge is -2.20. The molecule has 1 aliphatic heterocycles. The highest BCUT2D eigenvalue weighted by Crippen LogP contribution is 2.27. The van der Waals surface area contributed by atoms with Crippen molar-refractivity contribution in [3.63, 3.8) is 0 Å². The molecule has 0 bridgehead atoms. The van der Waals surface area contributed by atoms with Crippen molar-refractivity contribution in [2.45, 2.75) is 24.8 Å². The van der Waals surface area contributed by atoms with Gasteiger partial charge in [-0.1, -0.05) is 0 Å². The van der Waals surface area contributed by atoms with E-state index in [1.165, 1.54) is 0 Å². The fourth-order valence-corrected chi connectivity index (χ4v) is 2.74. The number of carbonyl (C=O) groups is 1. The molecule has 1 heterocycles. The van der Waals surface area contributed by atoms with Gasteiger partial charge in [-0.05, 0) is 18.6 Å². The van der Waals surface area contributed by atoms with Crippen LogP contribution in [-0.2, 0) is 4.79 Å². The van der Waals surface area contributed by atoms with Crippen molar-refractivity contribution in [3.8, 4) is 6.07 Å². The molecule has 0 spiro atoms. The van der Waals surface area contributed by atoms with Crippen molar-refractivity contribution in [1.29, 1.82) is 5.26 Å². The van der Waals surface area contributed by atoms with Gasteiger partial charge in [0, 0.05) is 18.1 Å². The molecule has 1 rings (SSSR count). The van der Waals surface area contributed by atoms with Crippen molar-refractivity contribution >= 4 is 29.3 Å². The van der Waals surface area contributed by atoms with Gasteiger partial charge in [0.25, 0.3) is 0 Å². The highest BCUT2D eigenvalue weighted by molar-refractivity contribution is 7.99. The first-order valence-electron chi connectivity index (χ1n) is 4.58. The maximum Gasteiger partial charge on any atom is 0.221 e. The Bertz CT molecular complexity index is 246. The molecule has 0 aromatic heterocycles. The fourth-order valence-electron chi connectivity index (χ4n) is 1.34. The third-order valence-electron chi connectivity index (χ3n) is 2.15. The zero-order valence-corrected chi connectivity index (χ0v) is 9.46. The van der Waals surface area contributed by atoms with Crippen LogP contribution in [0.1, 0.15) is 19.3 Å². The van der Waals surface area contributed by atoms with E-state index in [4.69, 9.17) is 16.9 Å². The van der Waals surface area contributed by atoms with Crippen LogP contribution in [0.4, 0.5) is 0 Å². The highest BCUT2D eigenvalue weighted by Gasteiger charge is 2.35. The SMILES string of the molecule is N#CC1(NC(=O)CCCCl)CCSC1. The first-order valence-corrected chi connectivity index (χ1v) is 6.27. The van der Waals surface area contributed by atoms with Gasteiger partial charge in [0.05, 0.1) is 6.07 Å². The Hall–Kier alpha value is -0.400. The molecule has 0 aromatic carbocycles. The van der Waals surface area contributed by atoms with Crippen molar-refractivity contribution in [2.24, 2.45) is 0 Å². The number of alkyl halides is 1. The molecule has 1 atom stereocenters. The summed E-state index contributed by atoms with van der Waals surface area (Å²) in [6, 6.07) is 2.20. The summed E-state index contributed by atoms with van der Waals surface area (Å²) in [6.45, 7) is 0. The first-order chi connectivity index (χ1) is 6.72. The lowest BCUT2D eigenvalue weighted by molar-refractivity contribution is -0.122. The fraction of sp³-hybridized carbons (Fsp3) is 0.778. The molecule has 1 fully saturated rings. The monoisotopic (exact) mass is 232 g/mol. The van der Waals surface area contributed by atoms with Crippen molar-refractivity contribution in [2.75, 3.05) is 17.4 Å². The molecule has 0 aliphatic carbocycles. The van der Waals surface area contributed by atoms with Gasteiger partial charge in [0.15, 0.2) is 0 Å². The van der Waals surface area contributed by atoms with Crippen LogP contribution in [-0.4, -0.2) is 28.8 Å². The second-order valence-electron chi connectivity index (χ2n) is 3.34. The van der Waals surface area contributed by atoms with E-state index in [1.54, 1.807) is 11.8 Å². The summed E-state index contributed by atoms with van der Waals surface area (Å²) in [6.07, 6.45) is 1.83. The van der Waals surface area contributed by atoms with Crippen LogP contribution in [0.15, 0.2) is 0 Å². The Kier molecular flexibility index (Phi) is 4.56. The molecule has 3 nitrogen and oxygen atoms in total. The number of nitriles is 1. The van der Waals surface area contributed by atoms with Crippen LogP contribution in [0, 0.1) is 11.3 Å². The minimum absolute atomic E-state index is 0.0605. The molecule has 1 saturated heterocycles. The maximum absolute atomic E-state index is 11.4. The Morgan fingerprint density at radius 1 is 1.71 bits per heavy atom. The quantitative estimate of drug-likeness (QED) is 0.748. The normalized spacial score (nSPS) is 25.7. The van der Waals surface area contributed by atoms with Gasteiger partial charge in [-0.15, -0.1) is 11.6 Å². The van der Waals surface area contributed by atoms with E-state index in [9.17, 15) is 4.79 Å². The van der Waals surface area contributed by atoms with E-state index in [-0.39, 0.29) is 5.91 Å². The number of nitrogens with zero attached hydrogens (tertiary/aromatic N) is 1. The minimum Gasteiger partial charge on any atom is -0.337 e. The Morgan fingerprint density at radius 2 is 2.50 bits per heavy atom. The Labute approximate surface area is 93.2 Å². The molecule has 1 amide bonds. The number of halogens is 1. The summed E-state index contributed by atoms with van der Waals surface area (Å²) in [5, 5.41) is 11.8. The van der Waals surface area contributed by atoms with Crippen molar-refractivity contribution in [1.82, 2.24) is 5.32 Å². The van der Waals surface area contributed by atoms with E-state index < -0.39 is 5.54 Å². The van der Waals surface area contributed by atoms with E-state index in [0.29, 0.717) is 24.5 Å². The van der Waals surface area contributed by atoms with E-state index >= 15 is 0 Å². The molecule has 78 valence electrons. The first kappa shape index (κ1) is 11.7. The zero-order chi connectivity index (χ0) is 10.4. The van der Waals surface area contributed by atoms with Crippen LogP contribution < -0.4 is 5.32 Å². The third-order valence-corrected chi connectivity index (χ3v) is 3.61. The van der Waals surface area contributed by atoms with Gasteiger partial charge in [-0.2, -0.15) is 17.0 Å². The predicted octanol–water partition coefficient (Wildman–Crippen LogP) is 1.52. The highest BCUT2D eigenvalue weighted by atomic mass is 35.5. The number of hydrogen-bond donors (Lipinski definition) is 1. The van der Waals surface area contributed by atoms with Gasteiger partial charge in [0.1, 0.15) is 5.54 Å². The maximum atomic E-state index is 11.4. The molecule has 0 radical (unpaired) electrons. The van der Waals surface area contributed by atoms with E-state index in [0.717, 1.165) is 12.2 Å². The van der Waals surface area contributed by atoms with Crippen molar-refractivity contribution < 1.29 is 4.79 Å². The summed E-state index contributed by atoms with van der Waals surface area (Å²) in [7, 11) is 0. The molecule has 0 aromatic rings. The molecular weight excluding hydrogens is 220 g/mol. The van der Waals surface area contributed by atoms with Gasteiger partial charge in [0.2, 0.25) is 5.91 Å². The van der Waals surface area contributed by atoms with Crippen LogP contribution >= 0.6 is 23.4 Å². The van der Waals surface area contributed by atoms with Crippen LogP contribution in [0.3, 0.4) is 0 Å². The van der Waals surface area contributed by atoms with Crippen LogP contribution in [0.5, 0.6) is 0 Å². The molecule has 14 heavy (non-hydrogen) atoms. The van der Waals surface area contributed by atoms with Gasteiger partial charge >= 0.3 is 0 Å². The lowest BCUT2D eigenvalue weighted by atomic mass is 10.0. The van der Waals surface area contributed by atoms with E-state index in [2.05, 4.69) is 11.4 Å². The minimum atomic E-state index is -0.617. The molecule has 1 N–H and O–H groups in total. The van der Waals surface area contributed by atoms with Crippen molar-refractivity contribution in [3.05, 3.63) is 0 Å². The smallest absolute Gasteiger partial charge is 0.221 e. The number of hydrogen-bond acceptors (Lipinski definition) is 3. The molecule has 5 heteroatoms. The molecule has 1 aliphatic rings. The number of thioether (sulfide) groups is 1. The average molecular weight is 233 g/mol. The van der Waals surface area contributed by atoms with Gasteiger partial charge in [-0.25, -0.2) is 0 Å². The molecule has 1 unspecified atom stereocenters. The number of rotatable bonds is 4. The topological polar surface area (TPSA) is 52.9 Å². The summed E-state index contributed by atoms with van der Waals surface area (Å²) in [5.41, 5.74) is -0.617. The number of carbonyl (C=O) groups excluding carboxylic acids is 1. The second-order valence-corrected chi connectivity index (χ2v) is 4.82. The Balaban J connectivity index is 2.41. The van der Waals surface area contributed by atoms with Crippen LogP contribution in [0.2, 0.25) is 0 Å². The van der Waals surface area contributed by atoms with Crippen LogP contribution in [0.25, 0.3) is 0 Å². The zero-order valence-electron chi connectivity index (χ0n) is 7.88. The Morgan fingerprint density at radius 3 is 3.00 bits per heavy atom. The van der Waals surface area contributed by atoms with Gasteiger partial charge in [-0.3, -0.25) is 4.79 Å². The summed E-state index contributed by atoms with van der Waals surface area (Å²) < 4.78 is 0. The largest absolute Gasteiger partial charge is 0.337 e. The number of amides is 1. The average Bonchev–Trinajstić information content (AvgIpc) is 2.64. The second kappa shape index (κ2) is 5.47. The lowest BCUT2D eigenvalue weighted by Crippen LogP contribution is -2.47. The summed E-state index contributed by atoms with van der Waals surface area (Å²) in [5.74, 6) is 2.08. The summed E-state index contributed by atoms with van der Waals surface area (Å²) in [4.78, 5) is 11.4. The standard InChI is InChI=1S/C9H13ClN2OS/c10-4-1-2-8(13)12-9(6-11)3-5-14-7-9/h1-5,7H2,(H,12,13). The van der Waals surface area contributed by atoms with Gasteiger partial charge < -0.3 is 5.32 Å².